The van der Waals surface area contributed by atoms with Gasteiger partial charge in [-0.25, -0.2) is 4.98 Å². The first-order valence-corrected chi connectivity index (χ1v) is 6.41. The van der Waals surface area contributed by atoms with Crippen molar-refractivity contribution in [2.45, 2.75) is 32.7 Å². The lowest BCUT2D eigenvalue weighted by molar-refractivity contribution is 0.599. The molecule has 0 spiro atoms. The van der Waals surface area contributed by atoms with E-state index in [1.165, 1.54) is 11.1 Å². The third kappa shape index (κ3) is 2.76. The van der Waals surface area contributed by atoms with Crippen molar-refractivity contribution < 1.29 is 0 Å². The van der Waals surface area contributed by atoms with Gasteiger partial charge in [-0.1, -0.05) is 45.0 Å². The predicted molar refractivity (Wildman–Crippen MR) is 72.4 cm³/mol. The molecular formula is C14H20N4. The highest BCUT2D eigenvalue weighted by atomic mass is 15.2. The molecule has 2 rings (SSSR count). The van der Waals surface area contributed by atoms with Crippen molar-refractivity contribution in [2.24, 2.45) is 0 Å². The third-order valence-corrected chi connectivity index (χ3v) is 3.05. The topological polar surface area (TPSA) is 53.6 Å². The van der Waals surface area contributed by atoms with E-state index in [1.807, 2.05) is 0 Å². The number of aromatic amines is 1. The Labute approximate surface area is 108 Å². The SMILES string of the molecule is CCNC(c1ccc(C(C)C)cc1)c1ncn[nH]1. The zero-order valence-electron chi connectivity index (χ0n) is 11.1. The van der Waals surface area contributed by atoms with Crippen LogP contribution in [0.4, 0.5) is 0 Å². The maximum absolute atomic E-state index is 4.24. The van der Waals surface area contributed by atoms with Gasteiger partial charge in [0.2, 0.25) is 0 Å². The second kappa shape index (κ2) is 5.78. The van der Waals surface area contributed by atoms with Crippen LogP contribution in [0.15, 0.2) is 30.6 Å². The molecule has 0 aliphatic heterocycles. The van der Waals surface area contributed by atoms with Crippen molar-refractivity contribution in [3.63, 3.8) is 0 Å². The van der Waals surface area contributed by atoms with E-state index in [0.29, 0.717) is 5.92 Å². The number of aromatic nitrogens is 3. The third-order valence-electron chi connectivity index (χ3n) is 3.05. The lowest BCUT2D eigenvalue weighted by Gasteiger charge is -2.16. The van der Waals surface area contributed by atoms with Crippen molar-refractivity contribution in [1.82, 2.24) is 20.5 Å². The maximum atomic E-state index is 4.24. The van der Waals surface area contributed by atoms with Crippen LogP contribution >= 0.6 is 0 Å². The second-order valence-electron chi connectivity index (χ2n) is 4.68. The van der Waals surface area contributed by atoms with Crippen LogP contribution in [0.2, 0.25) is 0 Å². The number of hydrogen-bond acceptors (Lipinski definition) is 3. The zero-order valence-corrected chi connectivity index (χ0v) is 11.1. The van der Waals surface area contributed by atoms with Crippen molar-refractivity contribution >= 4 is 0 Å². The molecule has 1 aromatic carbocycles. The van der Waals surface area contributed by atoms with Crippen molar-refractivity contribution in [3.05, 3.63) is 47.5 Å². The molecule has 4 heteroatoms. The Hall–Kier alpha value is -1.68. The van der Waals surface area contributed by atoms with Gasteiger partial charge in [0, 0.05) is 0 Å². The van der Waals surface area contributed by atoms with Gasteiger partial charge in [-0.3, -0.25) is 5.10 Å². The summed E-state index contributed by atoms with van der Waals surface area (Å²) in [5.41, 5.74) is 2.56. The van der Waals surface area contributed by atoms with Gasteiger partial charge in [0.15, 0.2) is 0 Å². The first kappa shape index (κ1) is 12.8. The van der Waals surface area contributed by atoms with Crippen LogP contribution in [-0.2, 0) is 0 Å². The van der Waals surface area contributed by atoms with Crippen LogP contribution < -0.4 is 5.32 Å². The fourth-order valence-electron chi connectivity index (χ4n) is 2.00. The molecular weight excluding hydrogens is 224 g/mol. The summed E-state index contributed by atoms with van der Waals surface area (Å²) in [5.74, 6) is 1.41. The molecule has 1 aromatic heterocycles. The Kier molecular flexibility index (Phi) is 4.10. The number of hydrogen-bond donors (Lipinski definition) is 2. The molecule has 0 saturated heterocycles. The van der Waals surface area contributed by atoms with E-state index in [0.717, 1.165) is 12.4 Å². The van der Waals surface area contributed by atoms with Crippen LogP contribution in [0.3, 0.4) is 0 Å². The summed E-state index contributed by atoms with van der Waals surface area (Å²) in [6.45, 7) is 7.38. The molecule has 2 N–H and O–H groups in total. The summed E-state index contributed by atoms with van der Waals surface area (Å²) in [6.07, 6.45) is 1.54. The van der Waals surface area contributed by atoms with Gasteiger partial charge in [0.25, 0.3) is 0 Å². The van der Waals surface area contributed by atoms with E-state index in [1.54, 1.807) is 6.33 Å². The van der Waals surface area contributed by atoms with Gasteiger partial charge >= 0.3 is 0 Å². The minimum Gasteiger partial charge on any atom is -0.304 e. The normalized spacial score (nSPS) is 12.9. The average Bonchev–Trinajstić information content (AvgIpc) is 2.90. The highest BCUT2D eigenvalue weighted by molar-refractivity contribution is 5.29. The largest absolute Gasteiger partial charge is 0.304 e. The monoisotopic (exact) mass is 244 g/mol. The number of nitrogens with one attached hydrogen (secondary N) is 2. The molecule has 2 aromatic rings. The quantitative estimate of drug-likeness (QED) is 0.850. The molecule has 0 aliphatic rings. The minimum atomic E-state index is 0.0821. The predicted octanol–water partition coefficient (Wildman–Crippen LogP) is 2.63. The summed E-state index contributed by atoms with van der Waals surface area (Å²) in [5, 5.41) is 10.3. The summed E-state index contributed by atoms with van der Waals surface area (Å²) < 4.78 is 0. The first-order valence-electron chi connectivity index (χ1n) is 6.41. The van der Waals surface area contributed by atoms with E-state index in [9.17, 15) is 0 Å². The Balaban J connectivity index is 2.26. The fraction of sp³-hybridized carbons (Fsp3) is 0.429. The minimum absolute atomic E-state index is 0.0821. The van der Waals surface area contributed by atoms with E-state index < -0.39 is 0 Å². The summed E-state index contributed by atoms with van der Waals surface area (Å²) >= 11 is 0. The smallest absolute Gasteiger partial charge is 0.145 e. The zero-order chi connectivity index (χ0) is 13.0. The lowest BCUT2D eigenvalue weighted by atomic mass is 9.99. The van der Waals surface area contributed by atoms with Gasteiger partial charge in [0.1, 0.15) is 12.2 Å². The van der Waals surface area contributed by atoms with Crippen molar-refractivity contribution in [2.75, 3.05) is 6.54 Å². The summed E-state index contributed by atoms with van der Waals surface area (Å²) in [6, 6.07) is 8.76. The molecule has 0 radical (unpaired) electrons. The molecule has 0 bridgehead atoms. The molecule has 96 valence electrons. The fourth-order valence-corrected chi connectivity index (χ4v) is 2.00. The molecule has 1 atom stereocenters. The van der Waals surface area contributed by atoms with Crippen LogP contribution in [0, 0.1) is 0 Å². The van der Waals surface area contributed by atoms with Crippen LogP contribution in [0.25, 0.3) is 0 Å². The van der Waals surface area contributed by atoms with Gasteiger partial charge in [-0.15, -0.1) is 0 Å². The highest BCUT2D eigenvalue weighted by Gasteiger charge is 2.15. The van der Waals surface area contributed by atoms with E-state index in [2.05, 4.69) is 65.5 Å². The van der Waals surface area contributed by atoms with E-state index in [-0.39, 0.29) is 6.04 Å². The average molecular weight is 244 g/mol. The Bertz CT molecular complexity index is 459. The number of nitrogens with zero attached hydrogens (tertiary/aromatic N) is 2. The van der Waals surface area contributed by atoms with Crippen LogP contribution in [-0.4, -0.2) is 21.7 Å². The van der Waals surface area contributed by atoms with E-state index >= 15 is 0 Å². The standard InChI is InChI=1S/C14H20N4/c1-4-15-13(14-16-9-17-18-14)12-7-5-11(6-8-12)10(2)3/h5-10,13,15H,4H2,1-3H3,(H,16,17,18). The number of rotatable bonds is 5. The molecule has 18 heavy (non-hydrogen) atoms. The molecule has 1 unspecified atom stereocenters. The van der Waals surface area contributed by atoms with Gasteiger partial charge < -0.3 is 5.32 Å². The van der Waals surface area contributed by atoms with Crippen LogP contribution in [0.1, 0.15) is 49.7 Å². The van der Waals surface area contributed by atoms with Gasteiger partial charge in [0.05, 0.1) is 6.04 Å². The Morgan fingerprint density at radius 1 is 1.17 bits per heavy atom. The Morgan fingerprint density at radius 2 is 1.83 bits per heavy atom. The highest BCUT2D eigenvalue weighted by Crippen LogP contribution is 2.21. The molecule has 4 nitrogen and oxygen atoms in total. The molecule has 0 aliphatic carbocycles. The van der Waals surface area contributed by atoms with Crippen LogP contribution in [0.5, 0.6) is 0 Å². The molecule has 0 saturated carbocycles. The van der Waals surface area contributed by atoms with Crippen molar-refractivity contribution in [1.29, 1.82) is 0 Å². The van der Waals surface area contributed by atoms with Gasteiger partial charge in [-0.2, -0.15) is 5.10 Å². The van der Waals surface area contributed by atoms with Crippen molar-refractivity contribution in [3.8, 4) is 0 Å². The lowest BCUT2D eigenvalue weighted by Crippen LogP contribution is -2.23. The number of benzene rings is 1. The molecule has 0 fully saturated rings. The maximum Gasteiger partial charge on any atom is 0.145 e. The Morgan fingerprint density at radius 3 is 2.33 bits per heavy atom. The number of H-pyrrole nitrogens is 1. The first-order chi connectivity index (χ1) is 8.72. The second-order valence-corrected chi connectivity index (χ2v) is 4.68. The summed E-state index contributed by atoms with van der Waals surface area (Å²) in [7, 11) is 0. The summed E-state index contributed by atoms with van der Waals surface area (Å²) in [4.78, 5) is 4.24. The van der Waals surface area contributed by atoms with Gasteiger partial charge in [-0.05, 0) is 23.6 Å². The molecule has 1 heterocycles. The molecule has 0 amide bonds. The van der Waals surface area contributed by atoms with E-state index in [4.69, 9.17) is 0 Å².